The average Bonchev–Trinajstić information content (AvgIpc) is 4.20. The molecule has 18 nitrogen and oxygen atoms in total. The SMILES string of the molecule is C=C(C)C(=O)OCC(=O)OC1(/C=C/C)CCCCC1.C=C(C)C(=O)OCC(=O)OC1(c2ccc(C)cc2)CCCCC1.C=C(C)C(=O)OCC(=O)OC1(c2ccc(C)cc2)CCOCC1.C=C(C)C(=O)OCC(=O)OC1(c2cccs2)CCOC1. The maximum atomic E-state index is 12.2. The minimum atomic E-state index is -0.749. The van der Waals surface area contributed by atoms with Gasteiger partial charge in [0.05, 0.1) is 31.3 Å². The van der Waals surface area contributed by atoms with Gasteiger partial charge in [-0.05, 0) is 128 Å². The molecule has 0 bridgehead atoms. The van der Waals surface area contributed by atoms with E-state index in [4.69, 9.17) is 47.4 Å². The average molecular weight is 1200 g/mol. The molecule has 3 aromatic rings. The molecule has 2 saturated heterocycles. The fraction of sp³-hybridized carbons (Fsp3) is 0.485. The van der Waals surface area contributed by atoms with Crippen LogP contribution in [0.4, 0.5) is 0 Å². The normalized spacial score (nSPS) is 18.0. The van der Waals surface area contributed by atoms with Gasteiger partial charge in [-0.1, -0.05) is 111 Å². The van der Waals surface area contributed by atoms with Crippen LogP contribution in [0.15, 0.2) is 127 Å². The summed E-state index contributed by atoms with van der Waals surface area (Å²) < 4.78 is 52.6. The van der Waals surface area contributed by atoms with E-state index in [1.807, 2.05) is 99.0 Å². The summed E-state index contributed by atoms with van der Waals surface area (Å²) in [6, 6.07) is 19.8. The molecular weight excluding hydrogens is 1110 g/mol. The van der Waals surface area contributed by atoms with Gasteiger partial charge in [-0.2, -0.15) is 0 Å². The summed E-state index contributed by atoms with van der Waals surface area (Å²) in [5, 5.41) is 1.92. The fourth-order valence-electron chi connectivity index (χ4n) is 9.59. The van der Waals surface area contributed by atoms with Crippen LogP contribution in [0.5, 0.6) is 0 Å². The lowest BCUT2D eigenvalue weighted by atomic mass is 9.79. The van der Waals surface area contributed by atoms with Crippen molar-refractivity contribution in [1.82, 2.24) is 0 Å². The van der Waals surface area contributed by atoms with Crippen LogP contribution in [0.3, 0.4) is 0 Å². The van der Waals surface area contributed by atoms with Crippen LogP contribution >= 0.6 is 11.3 Å². The standard InChI is InChI=1S/C19H24O4.C18H22O5.C15H22O4.C14H16O5S/c1-14(2)18(21)22-13-17(20)23-19(11-5-4-6-12-19)16-9-7-15(3)8-10-16;1-13(2)17(20)22-12-16(19)23-18(8-10-21-11-9-18)15-6-4-14(3)5-7-15;1-4-8-15(9-6-5-7-10-15)19-13(16)11-18-14(17)12(2)3;1-10(2)13(16)18-8-12(15)19-14(5-6-17-9-14)11-4-3-7-20-11/h7-10H,1,4-6,11-13H2,2-3H3;4-7H,1,8-12H2,2-3H3;4,8H,2,5-7,9-11H2,1,3H3;3-4,7H,1,5-6,8-9H2,2H3/b;;8-4+;. The van der Waals surface area contributed by atoms with Gasteiger partial charge in [-0.15, -0.1) is 11.3 Å². The third-order valence-electron chi connectivity index (χ3n) is 14.2. The van der Waals surface area contributed by atoms with E-state index in [1.165, 1.54) is 44.1 Å². The van der Waals surface area contributed by atoms with Gasteiger partial charge in [0.15, 0.2) is 32.0 Å². The van der Waals surface area contributed by atoms with E-state index in [1.54, 1.807) is 6.92 Å². The lowest BCUT2D eigenvalue weighted by molar-refractivity contribution is -0.179. The zero-order valence-electron chi connectivity index (χ0n) is 50.4. The first-order valence-corrected chi connectivity index (χ1v) is 29.4. The molecule has 2 aliphatic heterocycles. The highest BCUT2D eigenvalue weighted by atomic mass is 32.1. The fourth-order valence-corrected chi connectivity index (χ4v) is 10.5. The number of thiophene rings is 1. The number of benzene rings is 2. The smallest absolute Gasteiger partial charge is 0.345 e. The quantitative estimate of drug-likeness (QED) is 0.0443. The Kier molecular flexibility index (Phi) is 28.4. The number of carbonyl (C=O) groups excluding carboxylic acids is 8. The topological polar surface area (TPSA) is 229 Å². The van der Waals surface area contributed by atoms with E-state index in [0.29, 0.717) is 45.7 Å². The first-order valence-electron chi connectivity index (χ1n) is 28.5. The van der Waals surface area contributed by atoms with Gasteiger partial charge in [-0.3, -0.25) is 0 Å². The van der Waals surface area contributed by atoms with Gasteiger partial charge in [0.1, 0.15) is 16.8 Å². The first-order chi connectivity index (χ1) is 40.4. The first kappa shape index (κ1) is 70.0. The molecule has 4 fully saturated rings. The number of carbonyl (C=O) groups is 8. The molecule has 0 N–H and O–H groups in total. The Bertz CT molecular complexity index is 2690. The lowest BCUT2D eigenvalue weighted by Gasteiger charge is -2.37. The lowest BCUT2D eigenvalue weighted by Crippen LogP contribution is -2.39. The monoisotopic (exact) mass is 1200 g/mol. The van der Waals surface area contributed by atoms with Gasteiger partial charge in [0.2, 0.25) is 0 Å². The predicted octanol–water partition coefficient (Wildman–Crippen LogP) is 11.4. The number of hydrogen-bond acceptors (Lipinski definition) is 19. The zero-order chi connectivity index (χ0) is 62.6. The number of aryl methyl sites for hydroxylation is 2. The van der Waals surface area contributed by atoms with E-state index in [9.17, 15) is 38.4 Å². The van der Waals surface area contributed by atoms with Gasteiger partial charge >= 0.3 is 47.8 Å². The Morgan fingerprint density at radius 1 is 0.471 bits per heavy atom. The Morgan fingerprint density at radius 2 is 0.824 bits per heavy atom. The third-order valence-corrected chi connectivity index (χ3v) is 15.2. The number of allylic oxidation sites excluding steroid dienone is 1. The van der Waals surface area contributed by atoms with Crippen molar-refractivity contribution >= 4 is 59.1 Å². The van der Waals surface area contributed by atoms with Crippen LogP contribution in [0, 0.1) is 13.8 Å². The number of rotatable bonds is 20. The second kappa shape index (κ2) is 34.5. The third kappa shape index (κ3) is 22.8. The molecule has 2 saturated carbocycles. The summed E-state index contributed by atoms with van der Waals surface area (Å²) in [6.45, 7) is 26.3. The number of ether oxygens (including phenoxy) is 10. The van der Waals surface area contributed by atoms with Gasteiger partial charge in [0, 0.05) is 41.6 Å². The van der Waals surface area contributed by atoms with Crippen molar-refractivity contribution in [3.05, 3.63) is 154 Å². The Labute approximate surface area is 503 Å². The van der Waals surface area contributed by atoms with E-state index < -0.39 is 83.4 Å². The van der Waals surface area contributed by atoms with E-state index in [2.05, 4.69) is 26.3 Å². The Balaban J connectivity index is 0.000000244. The maximum absolute atomic E-state index is 12.2. The predicted molar refractivity (Wildman–Crippen MR) is 318 cm³/mol. The van der Waals surface area contributed by atoms with Crippen molar-refractivity contribution in [1.29, 1.82) is 0 Å². The highest BCUT2D eigenvalue weighted by Crippen LogP contribution is 2.42. The molecule has 1 unspecified atom stereocenters. The van der Waals surface area contributed by atoms with Crippen molar-refractivity contribution in [2.24, 2.45) is 0 Å². The molecule has 1 aromatic heterocycles. The summed E-state index contributed by atoms with van der Waals surface area (Å²) in [5.74, 6) is -4.51. The van der Waals surface area contributed by atoms with Crippen molar-refractivity contribution in [3.63, 3.8) is 0 Å². The van der Waals surface area contributed by atoms with Crippen LogP contribution in [-0.4, -0.2) is 106 Å². The zero-order valence-corrected chi connectivity index (χ0v) is 51.3. The van der Waals surface area contributed by atoms with Crippen LogP contribution in [0.25, 0.3) is 0 Å². The van der Waals surface area contributed by atoms with E-state index >= 15 is 0 Å². The largest absolute Gasteiger partial charge is 0.452 e. The van der Waals surface area contributed by atoms with Crippen LogP contribution < -0.4 is 0 Å². The second-order valence-corrected chi connectivity index (χ2v) is 22.6. The number of hydrogen-bond donors (Lipinski definition) is 0. The Hall–Kier alpha value is -7.48. The molecule has 0 radical (unpaired) electrons. The number of esters is 8. The Morgan fingerprint density at radius 3 is 1.18 bits per heavy atom. The van der Waals surface area contributed by atoms with Crippen molar-refractivity contribution in [2.75, 3.05) is 52.9 Å². The summed E-state index contributed by atoms with van der Waals surface area (Å²) in [4.78, 5) is 94.0. The molecule has 1 atom stereocenters. The van der Waals surface area contributed by atoms with Crippen LogP contribution in [0.1, 0.15) is 145 Å². The van der Waals surface area contributed by atoms with E-state index in [-0.39, 0.29) is 35.5 Å². The highest BCUT2D eigenvalue weighted by molar-refractivity contribution is 7.10. The van der Waals surface area contributed by atoms with Crippen molar-refractivity contribution in [2.45, 2.75) is 154 Å². The van der Waals surface area contributed by atoms with Gasteiger partial charge in [-0.25, -0.2) is 38.4 Å². The minimum Gasteiger partial charge on any atom is -0.452 e. The summed E-state index contributed by atoms with van der Waals surface area (Å²) in [6.07, 6.45) is 15.3. The van der Waals surface area contributed by atoms with Crippen LogP contribution in [0.2, 0.25) is 0 Å². The summed E-state index contributed by atoms with van der Waals surface area (Å²) in [5.41, 5.74) is 2.70. The molecule has 3 heterocycles. The molecule has 85 heavy (non-hydrogen) atoms. The maximum Gasteiger partial charge on any atom is 0.345 e. The summed E-state index contributed by atoms with van der Waals surface area (Å²) in [7, 11) is 0. The van der Waals surface area contributed by atoms with Crippen LogP contribution in [-0.2, 0) is 103 Å². The molecule has 462 valence electrons. The molecule has 2 aliphatic carbocycles. The van der Waals surface area contributed by atoms with Crippen molar-refractivity contribution in [3.8, 4) is 0 Å². The molecule has 0 spiro atoms. The van der Waals surface area contributed by atoms with E-state index in [0.717, 1.165) is 79.4 Å². The molecular formula is C66H84O18S. The van der Waals surface area contributed by atoms with Gasteiger partial charge in [0.25, 0.3) is 0 Å². The molecule has 2 aromatic carbocycles. The molecule has 19 heteroatoms. The second-order valence-electron chi connectivity index (χ2n) is 21.6. The van der Waals surface area contributed by atoms with Crippen molar-refractivity contribution < 1.29 is 85.7 Å². The summed E-state index contributed by atoms with van der Waals surface area (Å²) >= 11 is 1.51. The van der Waals surface area contributed by atoms with Gasteiger partial charge < -0.3 is 47.4 Å². The minimum absolute atomic E-state index is 0.245. The molecule has 7 rings (SSSR count). The molecule has 0 amide bonds. The molecule has 4 aliphatic rings. The highest BCUT2D eigenvalue weighted by Gasteiger charge is 2.43.